The zero-order valence-electron chi connectivity index (χ0n) is 11.4. The van der Waals surface area contributed by atoms with Crippen molar-refractivity contribution in [3.63, 3.8) is 0 Å². The number of nitrogens with zero attached hydrogens (tertiary/aromatic N) is 4. The second-order valence-electron chi connectivity index (χ2n) is 5.68. The Hall–Kier alpha value is -2.28. The van der Waals surface area contributed by atoms with E-state index in [0.717, 1.165) is 24.2 Å². The van der Waals surface area contributed by atoms with Gasteiger partial charge in [0.25, 0.3) is 0 Å². The lowest BCUT2D eigenvalue weighted by Crippen LogP contribution is -2.32. The summed E-state index contributed by atoms with van der Waals surface area (Å²) in [5.41, 5.74) is 1.67. The van der Waals surface area contributed by atoms with Crippen molar-refractivity contribution < 1.29 is 4.79 Å². The minimum Gasteiger partial charge on any atom is -0.326 e. The molecular formula is C14H16N6O. The first-order valence-corrected chi connectivity index (χ1v) is 7.20. The van der Waals surface area contributed by atoms with Gasteiger partial charge in [0, 0.05) is 17.8 Å². The molecular weight excluding hydrogens is 268 g/mol. The van der Waals surface area contributed by atoms with Crippen LogP contribution in [0.3, 0.4) is 0 Å². The van der Waals surface area contributed by atoms with Crippen LogP contribution < -0.4 is 10.6 Å². The number of benzene rings is 1. The molecule has 0 saturated carbocycles. The number of amides is 1. The molecule has 2 bridgehead atoms. The highest BCUT2D eigenvalue weighted by Gasteiger charge is 2.42. The summed E-state index contributed by atoms with van der Waals surface area (Å²) in [4.78, 5) is 12.3. The van der Waals surface area contributed by atoms with Crippen LogP contribution in [0.4, 0.5) is 5.69 Å². The number of anilines is 1. The number of hydrogen-bond acceptors (Lipinski definition) is 5. The monoisotopic (exact) mass is 284 g/mol. The SMILES string of the molecule is O=C(Nc1ccc(-n2cnnn2)cc1)C1CC2CCC1N2. The fraction of sp³-hybridized carbons (Fsp3) is 0.429. The lowest BCUT2D eigenvalue weighted by atomic mass is 9.88. The van der Waals surface area contributed by atoms with Gasteiger partial charge in [-0.25, -0.2) is 4.68 Å². The van der Waals surface area contributed by atoms with E-state index in [9.17, 15) is 4.79 Å². The van der Waals surface area contributed by atoms with E-state index in [-0.39, 0.29) is 11.8 Å². The van der Waals surface area contributed by atoms with E-state index in [1.54, 1.807) is 4.68 Å². The maximum Gasteiger partial charge on any atom is 0.229 e. The number of carbonyl (C=O) groups is 1. The summed E-state index contributed by atoms with van der Waals surface area (Å²) in [7, 11) is 0. The van der Waals surface area contributed by atoms with Gasteiger partial charge >= 0.3 is 0 Å². The van der Waals surface area contributed by atoms with E-state index in [1.165, 1.54) is 12.7 Å². The molecule has 2 aliphatic rings. The van der Waals surface area contributed by atoms with E-state index < -0.39 is 0 Å². The normalized spacial score (nSPS) is 27.0. The Morgan fingerprint density at radius 2 is 2.14 bits per heavy atom. The first-order chi connectivity index (χ1) is 10.3. The minimum absolute atomic E-state index is 0.0999. The van der Waals surface area contributed by atoms with Gasteiger partial charge < -0.3 is 10.6 Å². The average Bonchev–Trinajstić information content (AvgIpc) is 3.25. The van der Waals surface area contributed by atoms with Crippen LogP contribution in [0, 0.1) is 5.92 Å². The largest absolute Gasteiger partial charge is 0.326 e. The van der Waals surface area contributed by atoms with E-state index in [1.807, 2.05) is 24.3 Å². The highest BCUT2D eigenvalue weighted by Crippen LogP contribution is 2.33. The predicted molar refractivity (Wildman–Crippen MR) is 75.8 cm³/mol. The second kappa shape index (κ2) is 4.92. The third kappa shape index (κ3) is 2.29. The van der Waals surface area contributed by atoms with Gasteiger partial charge in [-0.15, -0.1) is 5.10 Å². The first-order valence-electron chi connectivity index (χ1n) is 7.20. The average molecular weight is 284 g/mol. The van der Waals surface area contributed by atoms with Crippen molar-refractivity contribution in [3.8, 4) is 5.69 Å². The summed E-state index contributed by atoms with van der Waals surface area (Å²) < 4.78 is 1.57. The fourth-order valence-corrected chi connectivity index (χ4v) is 3.33. The summed E-state index contributed by atoms with van der Waals surface area (Å²) >= 11 is 0. The van der Waals surface area contributed by atoms with Gasteiger partial charge in [-0.3, -0.25) is 4.79 Å². The smallest absolute Gasteiger partial charge is 0.229 e. The van der Waals surface area contributed by atoms with Gasteiger partial charge in [0.05, 0.1) is 11.6 Å². The van der Waals surface area contributed by atoms with Crippen LogP contribution in [0.25, 0.3) is 5.69 Å². The number of carbonyl (C=O) groups excluding carboxylic acids is 1. The molecule has 108 valence electrons. The van der Waals surface area contributed by atoms with Crippen LogP contribution >= 0.6 is 0 Å². The molecule has 21 heavy (non-hydrogen) atoms. The van der Waals surface area contributed by atoms with Crippen molar-refractivity contribution in [3.05, 3.63) is 30.6 Å². The first kappa shape index (κ1) is 12.5. The van der Waals surface area contributed by atoms with Crippen molar-refractivity contribution in [2.45, 2.75) is 31.3 Å². The molecule has 2 saturated heterocycles. The Kier molecular flexibility index (Phi) is 2.92. The van der Waals surface area contributed by atoms with Gasteiger partial charge in [-0.05, 0) is 54.0 Å². The number of fused-ring (bicyclic) bond motifs is 2. The summed E-state index contributed by atoms with van der Waals surface area (Å²) in [5.74, 6) is 0.216. The van der Waals surface area contributed by atoms with Crippen LogP contribution in [0.1, 0.15) is 19.3 Å². The van der Waals surface area contributed by atoms with Gasteiger partial charge in [0.15, 0.2) is 0 Å². The summed E-state index contributed by atoms with van der Waals surface area (Å²) in [5, 5.41) is 17.5. The van der Waals surface area contributed by atoms with Crippen molar-refractivity contribution in [1.82, 2.24) is 25.5 Å². The zero-order valence-corrected chi connectivity index (χ0v) is 11.4. The molecule has 2 aromatic rings. The molecule has 1 aromatic carbocycles. The predicted octanol–water partition coefficient (Wildman–Crippen LogP) is 0.741. The maximum atomic E-state index is 12.3. The molecule has 2 aliphatic heterocycles. The molecule has 3 heterocycles. The topological polar surface area (TPSA) is 84.7 Å². The van der Waals surface area contributed by atoms with Gasteiger partial charge in [-0.1, -0.05) is 0 Å². The van der Waals surface area contributed by atoms with E-state index in [0.29, 0.717) is 12.1 Å². The number of tetrazole rings is 1. The van der Waals surface area contributed by atoms with Gasteiger partial charge in [0.1, 0.15) is 6.33 Å². The molecule has 7 heteroatoms. The molecule has 2 fully saturated rings. The molecule has 4 rings (SSSR count). The quantitative estimate of drug-likeness (QED) is 0.868. The summed E-state index contributed by atoms with van der Waals surface area (Å²) in [6.07, 6.45) is 4.81. The summed E-state index contributed by atoms with van der Waals surface area (Å²) in [6.45, 7) is 0. The second-order valence-corrected chi connectivity index (χ2v) is 5.68. The molecule has 0 radical (unpaired) electrons. The van der Waals surface area contributed by atoms with Crippen molar-refractivity contribution in [2.24, 2.45) is 5.92 Å². The van der Waals surface area contributed by atoms with E-state index >= 15 is 0 Å². The molecule has 1 aromatic heterocycles. The van der Waals surface area contributed by atoms with Crippen LogP contribution in [0.2, 0.25) is 0 Å². The summed E-state index contributed by atoms with van der Waals surface area (Å²) in [6, 6.07) is 8.39. The van der Waals surface area contributed by atoms with Crippen molar-refractivity contribution in [2.75, 3.05) is 5.32 Å². The lowest BCUT2D eigenvalue weighted by molar-refractivity contribution is -0.120. The molecule has 3 unspecified atom stereocenters. The Bertz CT molecular complexity index is 638. The highest BCUT2D eigenvalue weighted by molar-refractivity contribution is 5.93. The highest BCUT2D eigenvalue weighted by atomic mass is 16.2. The Morgan fingerprint density at radius 3 is 2.76 bits per heavy atom. The minimum atomic E-state index is 0.0999. The molecule has 2 N–H and O–H groups in total. The Balaban J connectivity index is 1.44. The molecule has 7 nitrogen and oxygen atoms in total. The van der Waals surface area contributed by atoms with E-state index in [2.05, 4.69) is 26.2 Å². The third-order valence-corrected chi connectivity index (χ3v) is 4.39. The lowest BCUT2D eigenvalue weighted by Gasteiger charge is -2.19. The van der Waals surface area contributed by atoms with Crippen molar-refractivity contribution in [1.29, 1.82) is 0 Å². The van der Waals surface area contributed by atoms with Crippen LogP contribution in [-0.4, -0.2) is 38.2 Å². The van der Waals surface area contributed by atoms with Gasteiger partial charge in [-0.2, -0.15) is 0 Å². The molecule has 0 aliphatic carbocycles. The fourth-order valence-electron chi connectivity index (χ4n) is 3.33. The maximum absolute atomic E-state index is 12.3. The molecule has 1 amide bonds. The van der Waals surface area contributed by atoms with Crippen LogP contribution in [0.5, 0.6) is 0 Å². The Morgan fingerprint density at radius 1 is 1.29 bits per heavy atom. The Labute approximate surface area is 121 Å². The molecule has 3 atom stereocenters. The van der Waals surface area contributed by atoms with Gasteiger partial charge in [0.2, 0.25) is 5.91 Å². The number of hydrogen-bond donors (Lipinski definition) is 2. The van der Waals surface area contributed by atoms with Crippen molar-refractivity contribution >= 4 is 11.6 Å². The zero-order chi connectivity index (χ0) is 14.2. The standard InChI is InChI=1S/C14H16N6O/c21-14(12-7-10-3-6-13(12)16-10)17-9-1-4-11(5-2-9)20-8-15-18-19-20/h1-2,4-5,8,10,12-13,16H,3,6-7H2,(H,17,21). The number of nitrogens with one attached hydrogen (secondary N) is 2. The van der Waals surface area contributed by atoms with Crippen LogP contribution in [0.15, 0.2) is 30.6 Å². The third-order valence-electron chi connectivity index (χ3n) is 4.39. The molecule has 0 spiro atoms. The number of rotatable bonds is 3. The number of aromatic nitrogens is 4. The van der Waals surface area contributed by atoms with Crippen LogP contribution in [-0.2, 0) is 4.79 Å². The van der Waals surface area contributed by atoms with E-state index in [4.69, 9.17) is 0 Å².